The topological polar surface area (TPSA) is 111 Å². The molecular formula is C45H38N4O5. The molecule has 54 heavy (non-hydrogen) atoms. The fourth-order valence-electron chi connectivity index (χ4n) is 7.26. The van der Waals surface area contributed by atoms with Crippen LogP contribution in [0.15, 0.2) is 176 Å². The number of aromatic nitrogens is 2. The van der Waals surface area contributed by atoms with Gasteiger partial charge in [-0.05, 0) is 58.1 Å². The van der Waals surface area contributed by atoms with Crippen LogP contribution in [0.4, 0.5) is 5.69 Å². The molecule has 0 fully saturated rings. The number of hydrogen-bond donors (Lipinski definition) is 1. The number of esters is 1. The minimum Gasteiger partial charge on any atom is -0.465 e. The van der Waals surface area contributed by atoms with E-state index in [1.165, 1.54) is 7.11 Å². The van der Waals surface area contributed by atoms with Gasteiger partial charge in [-0.2, -0.15) is 0 Å². The molecule has 0 spiro atoms. The Bertz CT molecular complexity index is 2200. The second kappa shape index (κ2) is 16.2. The Morgan fingerprint density at radius 1 is 0.722 bits per heavy atom. The van der Waals surface area contributed by atoms with Crippen LogP contribution in [-0.2, 0) is 23.2 Å². The van der Waals surface area contributed by atoms with E-state index in [1.54, 1.807) is 42.7 Å². The predicted octanol–water partition coefficient (Wildman–Crippen LogP) is 9.67. The highest BCUT2D eigenvalue weighted by molar-refractivity contribution is 5.89. The highest BCUT2D eigenvalue weighted by Crippen LogP contribution is 2.51. The fourth-order valence-corrected chi connectivity index (χ4v) is 7.26. The third-order valence-corrected chi connectivity index (χ3v) is 9.57. The zero-order chi connectivity index (χ0) is 37.3. The summed E-state index contributed by atoms with van der Waals surface area (Å²) in [6.45, 7) is 0.873. The SMILES string of the molecule is COC(=O)c1cccc(Oc2cccc(CN(Cc3ccc([N+](=O)[O-])cc3)C(c3c[nH]cn3)C(c3ccccc3)(c3ccccc3)c3ccccc3)c2)c1. The lowest BCUT2D eigenvalue weighted by Crippen LogP contribution is -2.46. The van der Waals surface area contributed by atoms with Gasteiger partial charge in [-0.15, -0.1) is 0 Å². The number of nitrogens with zero attached hydrogens (tertiary/aromatic N) is 3. The van der Waals surface area contributed by atoms with E-state index in [1.807, 2.05) is 54.7 Å². The average molecular weight is 715 g/mol. The number of nitro groups is 1. The molecule has 1 N–H and O–H groups in total. The molecule has 1 unspecified atom stereocenters. The van der Waals surface area contributed by atoms with Crippen molar-refractivity contribution in [1.29, 1.82) is 0 Å². The van der Waals surface area contributed by atoms with Gasteiger partial charge in [0.15, 0.2) is 0 Å². The van der Waals surface area contributed by atoms with Crippen molar-refractivity contribution in [3.05, 3.63) is 226 Å². The summed E-state index contributed by atoms with van der Waals surface area (Å²) < 4.78 is 11.2. The first kappa shape index (κ1) is 35.6. The number of H-pyrrole nitrogens is 1. The number of rotatable bonds is 14. The van der Waals surface area contributed by atoms with Crippen molar-refractivity contribution < 1.29 is 19.2 Å². The molecular weight excluding hydrogens is 677 g/mol. The Morgan fingerprint density at radius 2 is 1.28 bits per heavy atom. The van der Waals surface area contributed by atoms with Crippen molar-refractivity contribution >= 4 is 11.7 Å². The molecule has 0 radical (unpaired) electrons. The van der Waals surface area contributed by atoms with Gasteiger partial charge in [0.1, 0.15) is 11.5 Å². The molecule has 1 aromatic heterocycles. The highest BCUT2D eigenvalue weighted by atomic mass is 16.6. The minimum atomic E-state index is -0.789. The second-order valence-electron chi connectivity index (χ2n) is 12.9. The van der Waals surface area contributed by atoms with E-state index in [4.69, 9.17) is 14.5 Å². The molecule has 0 aliphatic carbocycles. The molecule has 9 heteroatoms. The Hall–Kier alpha value is -6.84. The molecule has 1 atom stereocenters. The Labute approximate surface area is 313 Å². The molecule has 268 valence electrons. The molecule has 1 heterocycles. The third kappa shape index (κ3) is 7.53. The maximum atomic E-state index is 12.2. The summed E-state index contributed by atoms with van der Waals surface area (Å²) >= 11 is 0. The van der Waals surface area contributed by atoms with E-state index in [-0.39, 0.29) is 10.6 Å². The lowest BCUT2D eigenvalue weighted by Gasteiger charge is -2.47. The van der Waals surface area contributed by atoms with Crippen molar-refractivity contribution in [3.8, 4) is 11.5 Å². The summed E-state index contributed by atoms with van der Waals surface area (Å²) in [5.41, 5.74) is 5.54. The van der Waals surface area contributed by atoms with Crippen LogP contribution < -0.4 is 4.74 Å². The lowest BCUT2D eigenvalue weighted by atomic mass is 9.63. The first-order valence-electron chi connectivity index (χ1n) is 17.5. The lowest BCUT2D eigenvalue weighted by molar-refractivity contribution is -0.384. The van der Waals surface area contributed by atoms with Crippen LogP contribution in [0.3, 0.4) is 0 Å². The number of nitro benzene ring substituents is 1. The average Bonchev–Trinajstić information content (AvgIpc) is 3.75. The molecule has 6 aromatic carbocycles. The van der Waals surface area contributed by atoms with Crippen molar-refractivity contribution in [2.24, 2.45) is 0 Å². The molecule has 9 nitrogen and oxygen atoms in total. The number of carbonyl (C=O) groups excluding carboxylic acids is 1. The first-order valence-corrected chi connectivity index (χ1v) is 17.5. The number of carbonyl (C=O) groups is 1. The number of imidazole rings is 1. The second-order valence-corrected chi connectivity index (χ2v) is 12.9. The zero-order valence-electron chi connectivity index (χ0n) is 29.6. The minimum absolute atomic E-state index is 0.0301. The van der Waals surface area contributed by atoms with Gasteiger partial charge in [-0.3, -0.25) is 15.0 Å². The number of non-ortho nitro benzene ring substituents is 1. The number of nitrogens with one attached hydrogen (secondary N) is 1. The molecule has 0 bridgehead atoms. The number of aromatic amines is 1. The van der Waals surface area contributed by atoms with Crippen LogP contribution in [0.25, 0.3) is 0 Å². The fraction of sp³-hybridized carbons (Fsp3) is 0.111. The van der Waals surface area contributed by atoms with Crippen LogP contribution in [0.5, 0.6) is 11.5 Å². The van der Waals surface area contributed by atoms with Crippen LogP contribution >= 0.6 is 0 Å². The Kier molecular flexibility index (Phi) is 10.7. The maximum absolute atomic E-state index is 12.2. The summed E-state index contributed by atoms with van der Waals surface area (Å²) in [6.07, 6.45) is 3.65. The summed E-state index contributed by atoms with van der Waals surface area (Å²) in [6, 6.07) is 52.5. The monoisotopic (exact) mass is 714 g/mol. The van der Waals surface area contributed by atoms with E-state index in [0.29, 0.717) is 30.2 Å². The van der Waals surface area contributed by atoms with E-state index >= 15 is 0 Å². The third-order valence-electron chi connectivity index (χ3n) is 9.57. The number of hydrogen-bond acceptors (Lipinski definition) is 7. The van der Waals surface area contributed by atoms with Crippen LogP contribution in [0.2, 0.25) is 0 Å². The highest BCUT2D eigenvalue weighted by Gasteiger charge is 2.48. The van der Waals surface area contributed by atoms with Gasteiger partial charge in [0.2, 0.25) is 0 Å². The summed E-state index contributed by atoms with van der Waals surface area (Å²) in [7, 11) is 1.35. The summed E-state index contributed by atoms with van der Waals surface area (Å²) in [5.74, 6) is 0.657. The van der Waals surface area contributed by atoms with Crippen molar-refractivity contribution in [3.63, 3.8) is 0 Å². The molecule has 0 saturated carbocycles. The van der Waals surface area contributed by atoms with Crippen molar-refractivity contribution in [2.45, 2.75) is 24.5 Å². The van der Waals surface area contributed by atoms with Gasteiger partial charge in [-0.1, -0.05) is 121 Å². The first-order chi connectivity index (χ1) is 26.4. The van der Waals surface area contributed by atoms with Crippen LogP contribution in [-0.4, -0.2) is 32.9 Å². The molecule has 0 saturated heterocycles. The van der Waals surface area contributed by atoms with Gasteiger partial charge in [-0.25, -0.2) is 9.78 Å². The van der Waals surface area contributed by atoms with Gasteiger partial charge in [0.25, 0.3) is 5.69 Å². The van der Waals surface area contributed by atoms with Gasteiger partial charge >= 0.3 is 5.97 Å². The van der Waals surface area contributed by atoms with Gasteiger partial charge in [0, 0.05) is 31.4 Å². The van der Waals surface area contributed by atoms with Crippen molar-refractivity contribution in [1.82, 2.24) is 14.9 Å². The summed E-state index contributed by atoms with van der Waals surface area (Å²) in [5, 5.41) is 11.6. The van der Waals surface area contributed by atoms with Gasteiger partial charge in [0.05, 0.1) is 41.1 Å². The molecule has 7 rings (SSSR count). The number of ether oxygens (including phenoxy) is 2. The Balaban J connectivity index is 1.41. The number of methoxy groups -OCH3 is 1. The molecule has 0 aliphatic heterocycles. The maximum Gasteiger partial charge on any atom is 0.337 e. The predicted molar refractivity (Wildman–Crippen MR) is 207 cm³/mol. The quantitative estimate of drug-likeness (QED) is 0.0517. The normalized spacial score (nSPS) is 11.9. The van der Waals surface area contributed by atoms with E-state index in [9.17, 15) is 14.9 Å². The van der Waals surface area contributed by atoms with E-state index in [2.05, 4.69) is 88.7 Å². The van der Waals surface area contributed by atoms with E-state index < -0.39 is 17.4 Å². The summed E-state index contributed by atoms with van der Waals surface area (Å²) in [4.78, 5) is 34.0. The van der Waals surface area contributed by atoms with E-state index in [0.717, 1.165) is 33.5 Å². The smallest absolute Gasteiger partial charge is 0.337 e. The Morgan fingerprint density at radius 3 is 1.81 bits per heavy atom. The van der Waals surface area contributed by atoms with Crippen LogP contribution in [0.1, 0.15) is 49.9 Å². The number of benzene rings is 6. The van der Waals surface area contributed by atoms with Crippen molar-refractivity contribution in [2.75, 3.05) is 7.11 Å². The van der Waals surface area contributed by atoms with Gasteiger partial charge < -0.3 is 14.5 Å². The molecule has 0 amide bonds. The molecule has 7 aromatic rings. The van der Waals surface area contributed by atoms with Crippen LogP contribution in [0, 0.1) is 10.1 Å². The largest absolute Gasteiger partial charge is 0.465 e. The molecule has 0 aliphatic rings. The standard InChI is InChI=1S/C45H38N4O5/c1-53-44(50)35-14-12-22-41(28-35)54-40-21-11-13-34(27-40)31-48(30-33-23-25-39(26-24-33)49(51)52)43(42-29-46-32-47-42)45(36-15-5-2-6-16-36,37-17-7-3-8-18-37)38-19-9-4-10-20-38/h2-29,32,43H,30-31H2,1H3,(H,46,47). The zero-order valence-corrected chi connectivity index (χ0v) is 29.6.